The topological polar surface area (TPSA) is 26.3 Å². The number of ether oxygens (including phenoxy) is 1. The number of carbonyl (C=O) groups excluding carboxylic acids is 1. The number of hydrogen-bond acceptors (Lipinski definition) is 3. The zero-order valence-electron chi connectivity index (χ0n) is 26.3. The highest BCUT2D eigenvalue weighted by Gasteiger charge is 2.16. The molecule has 1 atom stereocenters. The predicted molar refractivity (Wildman–Crippen MR) is 183 cm³/mol. The first kappa shape index (κ1) is 34.0. The summed E-state index contributed by atoms with van der Waals surface area (Å²) in [4.78, 5) is 14.5. The molecule has 0 aliphatic heterocycles. The molecule has 0 amide bonds. The molecule has 0 heterocycles. The van der Waals surface area contributed by atoms with Crippen molar-refractivity contribution in [1.29, 1.82) is 0 Å². The quantitative estimate of drug-likeness (QED) is 0.0665. The lowest BCUT2D eigenvalue weighted by atomic mass is 10.0. The van der Waals surface area contributed by atoms with Gasteiger partial charge in [0.2, 0.25) is 0 Å². The summed E-state index contributed by atoms with van der Waals surface area (Å²) in [5.41, 5.74) is 4.30. The number of carbonyl (C=O) groups is 1. The fourth-order valence-corrected chi connectivity index (χ4v) is 6.34. The van der Waals surface area contributed by atoms with Crippen LogP contribution in [0.5, 0.6) is 0 Å². The van der Waals surface area contributed by atoms with Crippen molar-refractivity contribution in [3.63, 3.8) is 0 Å². The van der Waals surface area contributed by atoms with E-state index in [9.17, 15) is 4.79 Å². The molecule has 0 N–H and O–H groups in total. The number of rotatable bonds is 22. The van der Waals surface area contributed by atoms with E-state index < -0.39 is 0 Å². The van der Waals surface area contributed by atoms with Crippen LogP contribution in [0.3, 0.4) is 0 Å². The fraction of sp³-hybridized carbons (Fsp3) is 0.513. The highest BCUT2D eigenvalue weighted by atomic mass is 32.2. The van der Waals surface area contributed by atoms with E-state index in [0.717, 1.165) is 37.7 Å². The van der Waals surface area contributed by atoms with Gasteiger partial charge in [0.25, 0.3) is 0 Å². The van der Waals surface area contributed by atoms with Crippen LogP contribution < -0.4 is 0 Å². The molecule has 0 spiro atoms. The van der Waals surface area contributed by atoms with E-state index in [1.165, 1.54) is 92.4 Å². The molecule has 2 nitrogen and oxygen atoms in total. The maximum Gasteiger partial charge on any atom is 0.338 e. The maximum absolute atomic E-state index is 13.1. The number of hydrogen-bond donors (Lipinski definition) is 0. The van der Waals surface area contributed by atoms with Gasteiger partial charge in [0.1, 0.15) is 6.10 Å². The molecule has 0 saturated carbocycles. The molecule has 0 aliphatic carbocycles. The highest BCUT2D eigenvalue weighted by Crippen LogP contribution is 2.26. The summed E-state index contributed by atoms with van der Waals surface area (Å²) in [6.07, 6.45) is 19.5. The summed E-state index contributed by atoms with van der Waals surface area (Å²) in [5, 5.41) is 0. The average Bonchev–Trinajstić information content (AvgIpc) is 3.03. The van der Waals surface area contributed by atoms with Crippen LogP contribution in [0.15, 0.2) is 83.8 Å². The Hall–Kier alpha value is -2.52. The van der Waals surface area contributed by atoms with Crippen molar-refractivity contribution >= 4 is 17.7 Å². The highest BCUT2D eigenvalue weighted by molar-refractivity contribution is 7.99. The Morgan fingerprint density at radius 1 is 0.619 bits per heavy atom. The number of unbranched alkanes of at least 4 members (excludes halogenated alkanes) is 10. The lowest BCUT2D eigenvalue weighted by Gasteiger charge is -2.18. The van der Waals surface area contributed by atoms with E-state index in [1.54, 1.807) is 0 Å². The van der Waals surface area contributed by atoms with Gasteiger partial charge in [-0.2, -0.15) is 0 Å². The molecule has 3 heteroatoms. The first-order chi connectivity index (χ1) is 20.7. The lowest BCUT2D eigenvalue weighted by molar-refractivity contribution is 0.0250. The molecule has 0 radical (unpaired) electrons. The molecule has 228 valence electrons. The molecule has 1 unspecified atom stereocenters. The van der Waals surface area contributed by atoms with Crippen LogP contribution in [0, 0.1) is 0 Å². The minimum Gasteiger partial charge on any atom is -0.459 e. The van der Waals surface area contributed by atoms with Crippen molar-refractivity contribution < 1.29 is 9.53 Å². The normalized spacial score (nSPS) is 11.9. The third kappa shape index (κ3) is 13.6. The van der Waals surface area contributed by atoms with Crippen molar-refractivity contribution in [2.24, 2.45) is 0 Å². The standard InChI is InChI=1S/C39H54O2S/c1-3-5-7-9-11-16-22-37(23-18-21-33-19-14-13-15-20-33)41-39(40)36-26-24-34(25-27-36)35-28-30-38(31-29-35)42-32-17-12-10-8-6-4-2/h13-15,19-20,24-31,37H,3-12,16-18,21-23,32H2,1-2H3. The third-order valence-electron chi connectivity index (χ3n) is 8.06. The summed E-state index contributed by atoms with van der Waals surface area (Å²) in [5.74, 6) is 0.993. The van der Waals surface area contributed by atoms with E-state index in [0.29, 0.717) is 5.56 Å². The summed E-state index contributed by atoms with van der Waals surface area (Å²) >= 11 is 1.95. The third-order valence-corrected chi connectivity index (χ3v) is 9.16. The molecule has 3 aromatic carbocycles. The smallest absolute Gasteiger partial charge is 0.338 e. The largest absolute Gasteiger partial charge is 0.459 e. The molecular weight excluding hydrogens is 532 g/mol. The number of benzene rings is 3. The predicted octanol–water partition coefficient (Wildman–Crippen LogP) is 12.1. The number of aryl methyl sites for hydroxylation is 1. The molecule has 0 bridgehead atoms. The Labute approximate surface area is 261 Å². The van der Waals surface area contributed by atoms with Crippen molar-refractivity contribution in [2.75, 3.05) is 5.75 Å². The van der Waals surface area contributed by atoms with Crippen molar-refractivity contribution in [3.8, 4) is 11.1 Å². The van der Waals surface area contributed by atoms with E-state index in [2.05, 4.69) is 68.4 Å². The van der Waals surface area contributed by atoms with E-state index in [4.69, 9.17) is 4.74 Å². The Morgan fingerprint density at radius 3 is 1.81 bits per heavy atom. The summed E-state index contributed by atoms with van der Waals surface area (Å²) in [7, 11) is 0. The van der Waals surface area contributed by atoms with Crippen LogP contribution in [0.4, 0.5) is 0 Å². The van der Waals surface area contributed by atoms with Gasteiger partial charge in [-0.25, -0.2) is 4.79 Å². The second-order valence-corrected chi connectivity index (χ2v) is 12.8. The van der Waals surface area contributed by atoms with Gasteiger partial charge in [-0.3, -0.25) is 0 Å². The summed E-state index contributed by atoms with van der Waals surface area (Å²) < 4.78 is 6.10. The minimum atomic E-state index is -0.196. The molecule has 42 heavy (non-hydrogen) atoms. The molecule has 3 rings (SSSR count). The zero-order valence-corrected chi connectivity index (χ0v) is 27.1. The van der Waals surface area contributed by atoms with Crippen LogP contribution in [-0.4, -0.2) is 17.8 Å². The minimum absolute atomic E-state index is 0.0200. The number of esters is 1. The molecule has 0 saturated heterocycles. The van der Waals surface area contributed by atoms with Gasteiger partial charge in [-0.05, 0) is 85.2 Å². The second-order valence-electron chi connectivity index (χ2n) is 11.7. The van der Waals surface area contributed by atoms with Gasteiger partial charge in [0, 0.05) is 4.90 Å². The van der Waals surface area contributed by atoms with Crippen molar-refractivity contribution in [2.45, 2.75) is 128 Å². The van der Waals surface area contributed by atoms with Gasteiger partial charge in [0.05, 0.1) is 5.56 Å². The second kappa shape index (κ2) is 21.2. The van der Waals surface area contributed by atoms with Crippen LogP contribution in [0.1, 0.15) is 126 Å². The van der Waals surface area contributed by atoms with Gasteiger partial charge in [-0.15, -0.1) is 11.8 Å². The monoisotopic (exact) mass is 586 g/mol. The number of thioether (sulfide) groups is 1. The first-order valence-electron chi connectivity index (χ1n) is 16.8. The maximum atomic E-state index is 13.1. The molecule has 0 fully saturated rings. The molecule has 0 aromatic heterocycles. The summed E-state index contributed by atoms with van der Waals surface area (Å²) in [6.45, 7) is 4.52. The molecular formula is C39H54O2S. The fourth-order valence-electron chi connectivity index (χ4n) is 5.43. The van der Waals surface area contributed by atoms with E-state index in [1.807, 2.05) is 36.0 Å². The van der Waals surface area contributed by atoms with Gasteiger partial charge in [0.15, 0.2) is 0 Å². The zero-order chi connectivity index (χ0) is 29.7. The van der Waals surface area contributed by atoms with Crippen molar-refractivity contribution in [1.82, 2.24) is 0 Å². The van der Waals surface area contributed by atoms with Gasteiger partial charge < -0.3 is 4.74 Å². The van der Waals surface area contributed by atoms with Gasteiger partial charge in [-0.1, -0.05) is 133 Å². The van der Waals surface area contributed by atoms with E-state index >= 15 is 0 Å². The summed E-state index contributed by atoms with van der Waals surface area (Å²) in [6, 6.07) is 27.4. The SMILES string of the molecule is CCCCCCCCSc1ccc(-c2ccc(C(=O)OC(CCCCCCCC)CCCc3ccccc3)cc2)cc1. The Kier molecular flexibility index (Phi) is 17.2. The van der Waals surface area contributed by atoms with Crippen molar-refractivity contribution in [3.05, 3.63) is 90.0 Å². The van der Waals surface area contributed by atoms with Gasteiger partial charge >= 0.3 is 5.97 Å². The lowest BCUT2D eigenvalue weighted by Crippen LogP contribution is -2.19. The van der Waals surface area contributed by atoms with Crippen LogP contribution in [0.25, 0.3) is 11.1 Å². The van der Waals surface area contributed by atoms with Crippen LogP contribution >= 0.6 is 11.8 Å². The molecule has 3 aromatic rings. The molecule has 0 aliphatic rings. The Bertz CT molecular complexity index is 1090. The van der Waals surface area contributed by atoms with Crippen LogP contribution in [-0.2, 0) is 11.2 Å². The first-order valence-corrected chi connectivity index (χ1v) is 17.8. The Balaban J connectivity index is 1.48. The average molecular weight is 587 g/mol. The van der Waals surface area contributed by atoms with E-state index in [-0.39, 0.29) is 12.1 Å². The Morgan fingerprint density at radius 2 is 1.17 bits per heavy atom. The van der Waals surface area contributed by atoms with Crippen LogP contribution in [0.2, 0.25) is 0 Å².